The van der Waals surface area contributed by atoms with E-state index in [0.29, 0.717) is 6.54 Å². The maximum absolute atomic E-state index is 14.4. The predicted molar refractivity (Wildman–Crippen MR) is 140 cm³/mol. The van der Waals surface area contributed by atoms with Crippen LogP contribution in [0.4, 0.5) is 0 Å². The molecule has 0 heterocycles. The molecule has 0 aliphatic rings. The Morgan fingerprint density at radius 3 is 1.92 bits per heavy atom. The van der Waals surface area contributed by atoms with Crippen molar-refractivity contribution >= 4 is 23.4 Å². The van der Waals surface area contributed by atoms with E-state index in [-0.39, 0.29) is 6.42 Å². The van der Waals surface area contributed by atoms with Crippen molar-refractivity contribution in [1.82, 2.24) is 9.80 Å². The van der Waals surface area contributed by atoms with Crippen LogP contribution in [0.25, 0.3) is 0 Å². The number of amides is 1. The average Bonchev–Trinajstić information content (AvgIpc) is 2.82. The first-order valence-corrected chi connectivity index (χ1v) is 12.6. The molecule has 5 atom stereocenters. The second-order valence-corrected chi connectivity index (χ2v) is 11.0. The van der Waals surface area contributed by atoms with Crippen molar-refractivity contribution in [3.63, 3.8) is 0 Å². The summed E-state index contributed by atoms with van der Waals surface area (Å²) >= 11 is 0. The van der Waals surface area contributed by atoms with Crippen LogP contribution >= 0.6 is 0 Å². The Balaban J connectivity index is 3.76. The zero-order chi connectivity index (χ0) is 28.9. The smallest absolute Gasteiger partial charge is 0.346 e. The lowest BCUT2D eigenvalue weighted by molar-refractivity contribution is -0.186. The third-order valence-electron chi connectivity index (χ3n) is 6.82. The van der Waals surface area contributed by atoms with Crippen molar-refractivity contribution in [3.05, 3.63) is 35.9 Å². The van der Waals surface area contributed by atoms with Gasteiger partial charge in [-0.2, -0.15) is 0 Å². The Morgan fingerprint density at radius 2 is 1.49 bits per heavy atom. The van der Waals surface area contributed by atoms with Gasteiger partial charge in [0, 0.05) is 13.6 Å². The van der Waals surface area contributed by atoms with Gasteiger partial charge in [0.25, 0.3) is 5.91 Å². The van der Waals surface area contributed by atoms with Crippen LogP contribution in [0, 0.1) is 5.92 Å². The molecular weight excluding hydrogens is 476 g/mol. The minimum Gasteiger partial charge on any atom is -0.457 e. The SMILES string of the molecule is CC[C@H](C)[C@@](C(=O)[C@H](C)N(C)Cc1ccccc1)(C(=O)[C@](C)(O)C(=O)OC(C)(C)C)N(C)C(=O)[C@@H](C)O. The normalized spacial score (nSPS) is 17.6. The molecule has 0 saturated heterocycles. The predicted octanol–water partition coefficient (Wildman–Crippen LogP) is 2.36. The quantitative estimate of drug-likeness (QED) is 0.318. The highest BCUT2D eigenvalue weighted by Gasteiger charge is 2.63. The van der Waals surface area contributed by atoms with Gasteiger partial charge in [-0.15, -0.1) is 0 Å². The number of esters is 1. The molecule has 1 aromatic rings. The number of ether oxygens (including phenoxy) is 1. The van der Waals surface area contributed by atoms with Gasteiger partial charge in [-0.25, -0.2) is 4.79 Å². The fourth-order valence-electron chi connectivity index (χ4n) is 4.34. The highest BCUT2D eigenvalue weighted by atomic mass is 16.6. The highest BCUT2D eigenvalue weighted by Crippen LogP contribution is 2.36. The molecule has 0 radical (unpaired) electrons. The van der Waals surface area contributed by atoms with E-state index >= 15 is 0 Å². The van der Waals surface area contributed by atoms with Gasteiger partial charge < -0.3 is 19.8 Å². The van der Waals surface area contributed by atoms with E-state index in [0.717, 1.165) is 17.4 Å². The summed E-state index contributed by atoms with van der Waals surface area (Å²) in [5.41, 5.74) is -5.11. The molecule has 0 saturated carbocycles. The molecule has 0 aliphatic carbocycles. The van der Waals surface area contributed by atoms with Crippen molar-refractivity contribution in [1.29, 1.82) is 0 Å². The standard InChI is InChI=1S/C28H44N2O7/c1-11-18(2)28(30(10)23(33)20(4)31,24(34)27(8,36)25(35)37-26(5,6)7)22(32)19(3)29(9)17-21-15-13-12-14-16-21/h12-16,18-20,31,36H,11,17H2,1-10H3/t18-,19-,20+,27-,28+/m0/s1. The van der Waals surface area contributed by atoms with Crippen LogP contribution < -0.4 is 0 Å². The highest BCUT2D eigenvalue weighted by molar-refractivity contribution is 6.23. The van der Waals surface area contributed by atoms with Crippen molar-refractivity contribution in [2.75, 3.05) is 14.1 Å². The number of benzene rings is 1. The molecule has 208 valence electrons. The Kier molecular flexibility index (Phi) is 10.8. The Labute approximate surface area is 220 Å². The molecule has 0 unspecified atom stereocenters. The Morgan fingerprint density at radius 1 is 0.973 bits per heavy atom. The van der Waals surface area contributed by atoms with Gasteiger partial charge in [0.1, 0.15) is 11.7 Å². The molecule has 2 N–H and O–H groups in total. The maximum Gasteiger partial charge on any atom is 0.346 e. The lowest BCUT2D eigenvalue weighted by Crippen LogP contribution is -2.73. The van der Waals surface area contributed by atoms with Crippen LogP contribution in [0.1, 0.15) is 67.4 Å². The van der Waals surface area contributed by atoms with Crippen LogP contribution in [0.3, 0.4) is 0 Å². The minimum absolute atomic E-state index is 0.258. The fraction of sp³-hybridized carbons (Fsp3) is 0.643. The van der Waals surface area contributed by atoms with Crippen LogP contribution in [-0.4, -0.2) is 86.4 Å². The number of likely N-dealkylation sites (N-methyl/N-ethyl adjacent to an activating group) is 2. The molecule has 0 spiro atoms. The molecule has 1 aromatic carbocycles. The molecular formula is C28H44N2O7. The monoisotopic (exact) mass is 520 g/mol. The van der Waals surface area contributed by atoms with Crippen molar-refractivity contribution in [3.8, 4) is 0 Å². The lowest BCUT2D eigenvalue weighted by Gasteiger charge is -2.48. The zero-order valence-corrected chi connectivity index (χ0v) is 23.9. The number of carbonyl (C=O) groups is 4. The molecule has 37 heavy (non-hydrogen) atoms. The first-order chi connectivity index (χ1) is 16.8. The molecule has 1 amide bonds. The largest absolute Gasteiger partial charge is 0.457 e. The number of carbonyl (C=O) groups excluding carboxylic acids is 4. The molecule has 9 nitrogen and oxygen atoms in total. The number of nitrogens with zero attached hydrogens (tertiary/aromatic N) is 2. The second kappa shape index (κ2) is 12.3. The number of Topliss-reactive ketones (excluding diaryl/α,β-unsaturated/α-hetero) is 2. The zero-order valence-electron chi connectivity index (χ0n) is 23.9. The number of ketones is 2. The summed E-state index contributed by atoms with van der Waals surface area (Å²) in [5.74, 6) is -4.79. The van der Waals surface area contributed by atoms with E-state index in [4.69, 9.17) is 4.74 Å². The third-order valence-corrected chi connectivity index (χ3v) is 6.82. The lowest BCUT2D eigenvalue weighted by atomic mass is 9.68. The van der Waals surface area contributed by atoms with E-state index in [9.17, 15) is 29.4 Å². The van der Waals surface area contributed by atoms with E-state index in [2.05, 4.69) is 0 Å². The first kappa shape index (κ1) is 32.4. The van der Waals surface area contributed by atoms with Crippen LogP contribution in [0.15, 0.2) is 30.3 Å². The number of hydrogen-bond acceptors (Lipinski definition) is 8. The molecule has 0 aliphatic heterocycles. The van der Waals surface area contributed by atoms with Gasteiger partial charge in [-0.3, -0.25) is 19.3 Å². The summed E-state index contributed by atoms with van der Waals surface area (Å²) < 4.78 is 5.30. The Hall–Kier alpha value is -2.62. The van der Waals surface area contributed by atoms with Crippen molar-refractivity contribution in [2.24, 2.45) is 5.92 Å². The summed E-state index contributed by atoms with van der Waals surface area (Å²) in [5, 5.41) is 21.4. The molecule has 9 heteroatoms. The summed E-state index contributed by atoms with van der Waals surface area (Å²) in [6.45, 7) is 12.3. The summed E-state index contributed by atoms with van der Waals surface area (Å²) in [4.78, 5) is 57.3. The molecule has 0 fully saturated rings. The van der Waals surface area contributed by atoms with E-state index in [1.54, 1.807) is 53.5 Å². The number of aliphatic hydroxyl groups excluding tert-OH is 1. The van der Waals surface area contributed by atoms with Crippen LogP contribution in [0.5, 0.6) is 0 Å². The topological polar surface area (TPSA) is 124 Å². The summed E-state index contributed by atoms with van der Waals surface area (Å²) in [6.07, 6.45) is -1.27. The molecule has 0 aromatic heterocycles. The van der Waals surface area contributed by atoms with Crippen LogP contribution in [-0.2, 0) is 30.5 Å². The maximum atomic E-state index is 14.4. The van der Waals surface area contributed by atoms with Gasteiger partial charge >= 0.3 is 5.97 Å². The van der Waals surface area contributed by atoms with E-state index in [1.165, 1.54) is 14.0 Å². The second-order valence-electron chi connectivity index (χ2n) is 11.0. The van der Waals surface area contributed by atoms with E-state index < -0.39 is 58.2 Å². The average molecular weight is 521 g/mol. The number of aliphatic hydroxyl groups is 2. The van der Waals surface area contributed by atoms with Crippen molar-refractivity contribution in [2.45, 2.75) is 97.2 Å². The van der Waals surface area contributed by atoms with E-state index in [1.807, 2.05) is 30.3 Å². The number of rotatable bonds is 12. The fourth-order valence-corrected chi connectivity index (χ4v) is 4.34. The molecule has 0 bridgehead atoms. The first-order valence-electron chi connectivity index (χ1n) is 12.6. The van der Waals surface area contributed by atoms with Crippen LogP contribution in [0.2, 0.25) is 0 Å². The minimum atomic E-state index is -2.75. The third kappa shape index (κ3) is 7.03. The summed E-state index contributed by atoms with van der Waals surface area (Å²) in [6, 6.07) is 8.51. The number of hydrogen-bond donors (Lipinski definition) is 2. The van der Waals surface area contributed by atoms with Gasteiger partial charge in [0.15, 0.2) is 11.3 Å². The van der Waals surface area contributed by atoms with Gasteiger partial charge in [-0.05, 0) is 60.1 Å². The van der Waals surface area contributed by atoms with Crippen molar-refractivity contribution < 1.29 is 34.1 Å². The van der Waals surface area contributed by atoms with Gasteiger partial charge in [0.05, 0.1) is 6.04 Å². The molecule has 1 rings (SSSR count). The van der Waals surface area contributed by atoms with Gasteiger partial charge in [0.2, 0.25) is 11.4 Å². The Bertz CT molecular complexity index is 968. The summed E-state index contributed by atoms with van der Waals surface area (Å²) in [7, 11) is 2.95. The van der Waals surface area contributed by atoms with Gasteiger partial charge in [-0.1, -0.05) is 50.6 Å².